The molecule has 7 nitrogen and oxygen atoms in total. The zero-order valence-electron chi connectivity index (χ0n) is 17.3. The van der Waals surface area contributed by atoms with Gasteiger partial charge in [-0.15, -0.1) is 0 Å². The standard InChI is InChI=1S/C22H21Cl3O7S/c1-13-17(32-21(28)29-12-22(23,24)25)18(31-19(27)14-8-4-2-5-9-14)16(26)20(30-13)33-15-10-6-3-7-11-15/h2-11,13,16-18,20,26H,12H2,1H3/t13-,16+,17+,18+,20+/m0/s1. The second kappa shape index (κ2) is 11.6. The van der Waals surface area contributed by atoms with Crippen LogP contribution in [0.2, 0.25) is 0 Å². The number of esters is 1. The fourth-order valence-electron chi connectivity index (χ4n) is 3.07. The van der Waals surface area contributed by atoms with Crippen LogP contribution in [-0.2, 0) is 18.9 Å². The van der Waals surface area contributed by atoms with Crippen LogP contribution in [0.25, 0.3) is 0 Å². The highest BCUT2D eigenvalue weighted by Crippen LogP contribution is 2.36. The van der Waals surface area contributed by atoms with E-state index in [4.69, 9.17) is 53.8 Å². The van der Waals surface area contributed by atoms with Crippen LogP contribution in [-0.4, -0.2) is 57.5 Å². The van der Waals surface area contributed by atoms with Crippen molar-refractivity contribution in [2.24, 2.45) is 0 Å². The molecule has 0 spiro atoms. The number of hydrogen-bond donors (Lipinski definition) is 1. The van der Waals surface area contributed by atoms with Crippen LogP contribution in [0, 0.1) is 0 Å². The van der Waals surface area contributed by atoms with E-state index >= 15 is 0 Å². The normalized spacial score (nSPS) is 25.2. The molecule has 0 bridgehead atoms. The van der Waals surface area contributed by atoms with Gasteiger partial charge in [-0.2, -0.15) is 0 Å². The molecule has 1 aliphatic rings. The summed E-state index contributed by atoms with van der Waals surface area (Å²) in [6.45, 7) is 1.07. The molecule has 0 aromatic heterocycles. The Morgan fingerprint density at radius 1 is 1.00 bits per heavy atom. The average Bonchev–Trinajstić information content (AvgIpc) is 2.79. The minimum atomic E-state index is -1.83. The molecule has 11 heteroatoms. The molecule has 3 rings (SSSR count). The number of aliphatic hydroxyl groups excluding tert-OH is 1. The Hall–Kier alpha value is -1.68. The molecule has 0 aliphatic carbocycles. The minimum Gasteiger partial charge on any atom is -0.452 e. The van der Waals surface area contributed by atoms with Gasteiger partial charge < -0.3 is 24.1 Å². The molecule has 0 amide bonds. The molecular weight excluding hydrogens is 515 g/mol. The number of hydrogen-bond acceptors (Lipinski definition) is 8. The third-order valence-corrected chi connectivity index (χ3v) is 6.08. The first kappa shape index (κ1) is 25.9. The minimum absolute atomic E-state index is 0.272. The van der Waals surface area contributed by atoms with Crippen molar-refractivity contribution in [2.45, 2.75) is 45.5 Å². The van der Waals surface area contributed by atoms with E-state index in [1.807, 2.05) is 30.3 Å². The SMILES string of the molecule is C[C@@H]1O[C@H](Sc2ccccc2)[C@H](O)[C@@H](OC(=O)c2ccccc2)[C@@H]1OC(=O)OCC(Cl)(Cl)Cl. The lowest BCUT2D eigenvalue weighted by atomic mass is 10.00. The Bertz CT molecular complexity index is 927. The summed E-state index contributed by atoms with van der Waals surface area (Å²) >= 11 is 18.0. The van der Waals surface area contributed by atoms with Crippen molar-refractivity contribution in [3.63, 3.8) is 0 Å². The summed E-state index contributed by atoms with van der Waals surface area (Å²) in [5.74, 6) is -0.694. The first-order chi connectivity index (χ1) is 15.6. The molecule has 1 N–H and O–H groups in total. The molecule has 33 heavy (non-hydrogen) atoms. The van der Waals surface area contributed by atoms with Crippen molar-refractivity contribution in [1.29, 1.82) is 0 Å². The van der Waals surface area contributed by atoms with Crippen LogP contribution in [0.15, 0.2) is 65.6 Å². The number of thioether (sulfide) groups is 1. The van der Waals surface area contributed by atoms with Gasteiger partial charge in [0.05, 0.1) is 11.7 Å². The van der Waals surface area contributed by atoms with Gasteiger partial charge in [0.2, 0.25) is 3.79 Å². The summed E-state index contributed by atoms with van der Waals surface area (Å²) in [6.07, 6.45) is -5.68. The van der Waals surface area contributed by atoms with Gasteiger partial charge in [0, 0.05) is 4.90 Å². The van der Waals surface area contributed by atoms with Crippen LogP contribution in [0.5, 0.6) is 0 Å². The number of halogens is 3. The molecule has 5 atom stereocenters. The fraction of sp³-hybridized carbons (Fsp3) is 0.364. The number of carbonyl (C=O) groups excluding carboxylic acids is 2. The Morgan fingerprint density at radius 3 is 2.21 bits per heavy atom. The number of aliphatic hydroxyl groups is 1. The number of alkyl halides is 3. The lowest BCUT2D eigenvalue weighted by Gasteiger charge is -2.42. The summed E-state index contributed by atoms with van der Waals surface area (Å²) in [5, 5.41) is 11.0. The summed E-state index contributed by atoms with van der Waals surface area (Å²) in [4.78, 5) is 25.7. The van der Waals surface area contributed by atoms with Crippen LogP contribution in [0.3, 0.4) is 0 Å². The molecule has 0 radical (unpaired) electrons. The largest absolute Gasteiger partial charge is 0.508 e. The Morgan fingerprint density at radius 2 is 1.61 bits per heavy atom. The lowest BCUT2D eigenvalue weighted by molar-refractivity contribution is -0.198. The van der Waals surface area contributed by atoms with Crippen molar-refractivity contribution >= 4 is 58.7 Å². The van der Waals surface area contributed by atoms with Gasteiger partial charge in [0.1, 0.15) is 18.1 Å². The van der Waals surface area contributed by atoms with E-state index in [-0.39, 0.29) is 5.56 Å². The highest BCUT2D eigenvalue weighted by atomic mass is 35.6. The van der Waals surface area contributed by atoms with Gasteiger partial charge in [-0.3, -0.25) is 0 Å². The summed E-state index contributed by atoms with van der Waals surface area (Å²) in [7, 11) is 0. The molecule has 1 saturated heterocycles. The molecule has 1 aliphatic heterocycles. The number of ether oxygens (including phenoxy) is 4. The maximum absolute atomic E-state index is 12.7. The molecular formula is C22H21Cl3O7S. The fourth-order valence-corrected chi connectivity index (χ4v) is 4.34. The van der Waals surface area contributed by atoms with Crippen molar-refractivity contribution < 1.29 is 33.6 Å². The van der Waals surface area contributed by atoms with E-state index in [1.165, 1.54) is 11.8 Å². The average molecular weight is 536 g/mol. The van der Waals surface area contributed by atoms with Gasteiger partial charge in [-0.1, -0.05) is 83.0 Å². The number of rotatable bonds is 6. The Kier molecular flexibility index (Phi) is 9.15. The monoisotopic (exact) mass is 534 g/mol. The summed E-state index contributed by atoms with van der Waals surface area (Å²) < 4.78 is 19.8. The van der Waals surface area contributed by atoms with Crippen LogP contribution in [0.4, 0.5) is 4.79 Å². The maximum Gasteiger partial charge on any atom is 0.508 e. The van der Waals surface area contributed by atoms with E-state index in [0.717, 1.165) is 4.90 Å². The topological polar surface area (TPSA) is 91.3 Å². The summed E-state index contributed by atoms with van der Waals surface area (Å²) in [5.41, 5.74) is -0.526. The second-order valence-corrected chi connectivity index (χ2v) is 10.8. The van der Waals surface area contributed by atoms with E-state index in [2.05, 4.69) is 0 Å². The van der Waals surface area contributed by atoms with Crippen LogP contribution < -0.4 is 0 Å². The predicted molar refractivity (Wildman–Crippen MR) is 125 cm³/mol. The van der Waals surface area contributed by atoms with Gasteiger partial charge >= 0.3 is 12.1 Å². The van der Waals surface area contributed by atoms with Gasteiger partial charge in [-0.05, 0) is 31.2 Å². The van der Waals surface area contributed by atoms with Crippen molar-refractivity contribution in [3.05, 3.63) is 66.2 Å². The van der Waals surface area contributed by atoms with Crippen molar-refractivity contribution in [1.82, 2.24) is 0 Å². The van der Waals surface area contributed by atoms with E-state index in [9.17, 15) is 14.7 Å². The van der Waals surface area contributed by atoms with Crippen molar-refractivity contribution in [2.75, 3.05) is 6.61 Å². The van der Waals surface area contributed by atoms with E-state index in [0.29, 0.717) is 0 Å². The third-order valence-electron chi connectivity index (χ3n) is 4.58. The molecule has 178 valence electrons. The van der Waals surface area contributed by atoms with Crippen molar-refractivity contribution in [3.8, 4) is 0 Å². The lowest BCUT2D eigenvalue weighted by Crippen LogP contribution is -2.58. The van der Waals surface area contributed by atoms with E-state index in [1.54, 1.807) is 37.3 Å². The first-order valence-corrected chi connectivity index (χ1v) is 11.9. The van der Waals surface area contributed by atoms with Gasteiger partial charge in [0.25, 0.3) is 0 Å². The smallest absolute Gasteiger partial charge is 0.452 e. The second-order valence-electron chi connectivity index (χ2n) is 7.10. The zero-order chi connectivity index (χ0) is 24.0. The van der Waals surface area contributed by atoms with Crippen LogP contribution >= 0.6 is 46.6 Å². The number of benzene rings is 2. The first-order valence-electron chi connectivity index (χ1n) is 9.85. The van der Waals surface area contributed by atoms with E-state index < -0.39 is 52.4 Å². The highest BCUT2D eigenvalue weighted by molar-refractivity contribution is 7.99. The molecule has 0 unspecified atom stereocenters. The number of carbonyl (C=O) groups is 2. The Labute approximate surface area is 210 Å². The molecule has 1 fully saturated rings. The van der Waals surface area contributed by atoms with Crippen LogP contribution in [0.1, 0.15) is 17.3 Å². The highest BCUT2D eigenvalue weighted by Gasteiger charge is 2.49. The third kappa shape index (κ3) is 7.67. The quantitative estimate of drug-likeness (QED) is 0.408. The molecule has 2 aromatic carbocycles. The molecule has 2 aromatic rings. The molecule has 0 saturated carbocycles. The summed E-state index contributed by atoms with van der Waals surface area (Å²) in [6, 6.07) is 17.5. The van der Waals surface area contributed by atoms with Gasteiger partial charge in [-0.25, -0.2) is 9.59 Å². The molecule has 1 heterocycles. The predicted octanol–water partition coefficient (Wildman–Crippen LogP) is 5.00. The Balaban J connectivity index is 1.79. The zero-order valence-corrected chi connectivity index (χ0v) is 20.4. The maximum atomic E-state index is 12.7. The van der Waals surface area contributed by atoms with Gasteiger partial charge in [0.15, 0.2) is 12.2 Å².